The molecular weight excluding hydrogens is 359 g/mol. The number of pyridine rings is 1. The van der Waals surface area contributed by atoms with E-state index in [1.165, 1.54) is 6.07 Å². The summed E-state index contributed by atoms with van der Waals surface area (Å²) in [4.78, 5) is 6.60. The second kappa shape index (κ2) is 6.78. The predicted molar refractivity (Wildman–Crippen MR) is 108 cm³/mol. The molecule has 1 fully saturated rings. The van der Waals surface area contributed by atoms with Crippen LogP contribution in [0, 0.1) is 19.7 Å². The van der Waals surface area contributed by atoms with Crippen molar-refractivity contribution in [3.63, 3.8) is 0 Å². The van der Waals surface area contributed by atoms with Gasteiger partial charge in [0.1, 0.15) is 5.82 Å². The van der Waals surface area contributed by atoms with Gasteiger partial charge in [-0.25, -0.2) is 4.39 Å². The number of halogens is 1. The predicted octanol–water partition coefficient (Wildman–Crippen LogP) is 4.23. The molecule has 6 heteroatoms. The molecule has 2 atom stereocenters. The van der Waals surface area contributed by atoms with Crippen LogP contribution < -0.4 is 5.32 Å². The third kappa shape index (κ3) is 3.00. The van der Waals surface area contributed by atoms with Gasteiger partial charge in [0.15, 0.2) is 5.11 Å². The largest absolute Gasteiger partial charge is 0.352 e. The molecule has 2 aromatic heterocycles. The Balaban J connectivity index is 1.82. The minimum atomic E-state index is -0.242. The van der Waals surface area contributed by atoms with E-state index >= 15 is 0 Å². The lowest BCUT2D eigenvalue weighted by atomic mass is 9.97. The maximum Gasteiger partial charge on any atom is 0.169 e. The number of aryl methyl sites for hydroxylation is 1. The summed E-state index contributed by atoms with van der Waals surface area (Å²) in [6, 6.07) is 14.7. The molecule has 1 aliphatic heterocycles. The average molecular weight is 380 g/mol. The second-order valence-corrected chi connectivity index (χ2v) is 7.27. The first-order valence-electron chi connectivity index (χ1n) is 8.86. The van der Waals surface area contributed by atoms with Crippen molar-refractivity contribution in [3.05, 3.63) is 83.2 Å². The molecule has 0 spiro atoms. The molecule has 1 N–H and O–H groups in total. The fraction of sp³-hybridized carbons (Fsp3) is 0.238. The third-order valence-electron chi connectivity index (χ3n) is 5.19. The summed E-state index contributed by atoms with van der Waals surface area (Å²) in [7, 11) is 2.00. The van der Waals surface area contributed by atoms with Crippen molar-refractivity contribution in [1.82, 2.24) is 19.8 Å². The van der Waals surface area contributed by atoms with Gasteiger partial charge in [-0.15, -0.1) is 0 Å². The maximum atomic E-state index is 13.8. The highest BCUT2D eigenvalue weighted by atomic mass is 32.1. The van der Waals surface area contributed by atoms with E-state index in [2.05, 4.69) is 32.8 Å². The van der Waals surface area contributed by atoms with Crippen LogP contribution in [0.15, 0.2) is 54.7 Å². The SMILES string of the molecule is Cc1cc([C@H]2[C@@H](c3ccccn3)NC(=S)N2C)c(C)n1-c1cccc(F)c1. The lowest BCUT2D eigenvalue weighted by Gasteiger charge is -2.24. The standard InChI is InChI=1S/C21H21FN4S/c1-13-11-17(14(2)26(13)16-8-6-7-15(22)12-16)20-19(24-21(27)25(20)3)18-9-4-5-10-23-18/h4-12,19-20H,1-3H3,(H,24,27)/t19-,20+/m1/s1. The summed E-state index contributed by atoms with van der Waals surface area (Å²) in [5, 5.41) is 4.10. The molecule has 4 nitrogen and oxygen atoms in total. The van der Waals surface area contributed by atoms with Gasteiger partial charge in [-0.2, -0.15) is 0 Å². The molecule has 0 aliphatic carbocycles. The topological polar surface area (TPSA) is 33.1 Å². The number of nitrogens with one attached hydrogen (secondary N) is 1. The maximum absolute atomic E-state index is 13.8. The molecule has 0 amide bonds. The van der Waals surface area contributed by atoms with Gasteiger partial charge in [0.2, 0.25) is 0 Å². The van der Waals surface area contributed by atoms with Crippen LogP contribution in [-0.2, 0) is 0 Å². The van der Waals surface area contributed by atoms with Crippen LogP contribution in [-0.4, -0.2) is 26.6 Å². The van der Waals surface area contributed by atoms with E-state index in [1.54, 1.807) is 18.3 Å². The van der Waals surface area contributed by atoms with Crippen LogP contribution in [0.5, 0.6) is 0 Å². The molecule has 138 valence electrons. The fourth-order valence-corrected chi connectivity index (χ4v) is 4.19. The van der Waals surface area contributed by atoms with Crippen LogP contribution in [0.4, 0.5) is 4.39 Å². The summed E-state index contributed by atoms with van der Waals surface area (Å²) in [5.74, 6) is -0.242. The zero-order chi connectivity index (χ0) is 19.1. The number of hydrogen-bond donors (Lipinski definition) is 1. The quantitative estimate of drug-likeness (QED) is 0.690. The molecule has 4 rings (SSSR count). The van der Waals surface area contributed by atoms with Crippen molar-refractivity contribution < 1.29 is 4.39 Å². The molecule has 3 heterocycles. The van der Waals surface area contributed by atoms with E-state index in [4.69, 9.17) is 12.2 Å². The average Bonchev–Trinajstić information content (AvgIpc) is 3.11. The van der Waals surface area contributed by atoms with E-state index in [1.807, 2.05) is 38.2 Å². The summed E-state index contributed by atoms with van der Waals surface area (Å²) < 4.78 is 15.9. The van der Waals surface area contributed by atoms with Crippen LogP contribution in [0.2, 0.25) is 0 Å². The van der Waals surface area contributed by atoms with Gasteiger partial charge in [-0.3, -0.25) is 4.98 Å². The van der Waals surface area contributed by atoms with Gasteiger partial charge < -0.3 is 14.8 Å². The number of hydrogen-bond acceptors (Lipinski definition) is 2. The van der Waals surface area contributed by atoms with Crippen molar-refractivity contribution in [2.24, 2.45) is 0 Å². The third-order valence-corrected chi connectivity index (χ3v) is 5.60. The Morgan fingerprint density at radius 3 is 2.63 bits per heavy atom. The van der Waals surface area contributed by atoms with Crippen molar-refractivity contribution in [2.45, 2.75) is 25.9 Å². The van der Waals surface area contributed by atoms with E-state index in [0.717, 1.165) is 28.3 Å². The second-order valence-electron chi connectivity index (χ2n) is 6.88. The summed E-state index contributed by atoms with van der Waals surface area (Å²) >= 11 is 5.52. The Kier molecular flexibility index (Phi) is 4.44. The lowest BCUT2D eigenvalue weighted by Crippen LogP contribution is -2.25. The highest BCUT2D eigenvalue weighted by molar-refractivity contribution is 7.80. The van der Waals surface area contributed by atoms with Gasteiger partial charge in [0, 0.05) is 30.3 Å². The zero-order valence-electron chi connectivity index (χ0n) is 15.5. The van der Waals surface area contributed by atoms with Gasteiger partial charge in [-0.1, -0.05) is 12.1 Å². The highest BCUT2D eigenvalue weighted by Gasteiger charge is 2.39. The van der Waals surface area contributed by atoms with E-state index in [-0.39, 0.29) is 17.9 Å². The number of aromatic nitrogens is 2. The molecule has 0 saturated carbocycles. The lowest BCUT2D eigenvalue weighted by molar-refractivity contribution is 0.367. The Labute approximate surface area is 163 Å². The number of benzene rings is 1. The van der Waals surface area contributed by atoms with E-state index in [9.17, 15) is 4.39 Å². The molecule has 3 aromatic rings. The minimum Gasteiger partial charge on any atom is -0.352 e. The van der Waals surface area contributed by atoms with Crippen LogP contribution in [0.25, 0.3) is 5.69 Å². The van der Waals surface area contributed by atoms with Gasteiger partial charge in [0.05, 0.1) is 17.8 Å². The highest BCUT2D eigenvalue weighted by Crippen LogP contribution is 2.40. The monoisotopic (exact) mass is 380 g/mol. The Morgan fingerprint density at radius 1 is 1.11 bits per heavy atom. The van der Waals surface area contributed by atoms with Gasteiger partial charge >= 0.3 is 0 Å². The first kappa shape index (κ1) is 17.7. The summed E-state index contributed by atoms with van der Waals surface area (Å²) in [6.45, 7) is 4.11. The summed E-state index contributed by atoms with van der Waals surface area (Å²) in [6.07, 6.45) is 1.80. The molecule has 27 heavy (non-hydrogen) atoms. The van der Waals surface area contributed by atoms with Crippen molar-refractivity contribution in [2.75, 3.05) is 7.05 Å². The molecule has 1 aliphatic rings. The van der Waals surface area contributed by atoms with E-state index < -0.39 is 0 Å². The van der Waals surface area contributed by atoms with E-state index in [0.29, 0.717) is 5.11 Å². The van der Waals surface area contributed by atoms with Crippen LogP contribution in [0.3, 0.4) is 0 Å². The number of nitrogens with zero attached hydrogens (tertiary/aromatic N) is 3. The number of thiocarbonyl (C=S) groups is 1. The summed E-state index contributed by atoms with van der Waals surface area (Å²) in [5.41, 5.74) is 5.05. The van der Waals surface area contributed by atoms with Crippen molar-refractivity contribution >= 4 is 17.3 Å². The Morgan fingerprint density at radius 2 is 1.93 bits per heavy atom. The normalized spacial score (nSPS) is 19.4. The van der Waals surface area contributed by atoms with Crippen molar-refractivity contribution in [1.29, 1.82) is 0 Å². The Bertz CT molecular complexity index is 999. The molecule has 1 saturated heterocycles. The molecule has 0 unspecified atom stereocenters. The molecule has 0 radical (unpaired) electrons. The number of rotatable bonds is 3. The Hall–Kier alpha value is -2.73. The molecule has 1 aromatic carbocycles. The fourth-order valence-electron chi connectivity index (χ4n) is 3.95. The van der Waals surface area contributed by atoms with Gasteiger partial charge in [-0.05, 0) is 68.0 Å². The minimum absolute atomic E-state index is 0.0147. The van der Waals surface area contributed by atoms with Crippen LogP contribution >= 0.6 is 12.2 Å². The van der Waals surface area contributed by atoms with Crippen molar-refractivity contribution in [3.8, 4) is 5.69 Å². The van der Waals surface area contributed by atoms with Gasteiger partial charge in [0.25, 0.3) is 0 Å². The first-order valence-corrected chi connectivity index (χ1v) is 9.27. The first-order chi connectivity index (χ1) is 13.0. The molecular formula is C21H21FN4S. The smallest absolute Gasteiger partial charge is 0.169 e. The number of likely N-dealkylation sites (N-methyl/N-ethyl adjacent to an activating group) is 1. The van der Waals surface area contributed by atoms with Crippen LogP contribution in [0.1, 0.15) is 34.7 Å². The molecule has 0 bridgehead atoms. The zero-order valence-corrected chi connectivity index (χ0v) is 16.3.